The zero-order chi connectivity index (χ0) is 20.7. The molecule has 4 heterocycles. The topological polar surface area (TPSA) is 91.3 Å². The standard InChI is InChI=1S/C19H27N6O4/c1-13-11-24-15-16(21(3)19(28)25(17(15)27)12-14(2)26)20-18(24)23(13)6-4-5-22-7-9-29-10-8-22/h11,15H,4-10,12H2,1-3H3/q+1. The molecule has 3 amide bonds. The zero-order valence-electron chi connectivity index (χ0n) is 17.1. The van der Waals surface area contributed by atoms with Gasteiger partial charge in [-0.3, -0.25) is 24.3 Å². The maximum atomic E-state index is 13.0. The lowest BCUT2D eigenvalue weighted by Crippen LogP contribution is -2.63. The Morgan fingerprint density at radius 3 is 2.69 bits per heavy atom. The molecule has 3 aliphatic heterocycles. The van der Waals surface area contributed by atoms with Crippen LogP contribution in [-0.4, -0.2) is 89.3 Å². The number of aliphatic imine (C=N–C) groups is 1. The Bertz CT molecular complexity index is 886. The van der Waals surface area contributed by atoms with Gasteiger partial charge in [-0.1, -0.05) is 4.99 Å². The summed E-state index contributed by atoms with van der Waals surface area (Å²) in [5.74, 6) is 0.440. The first-order chi connectivity index (χ1) is 13.9. The van der Waals surface area contributed by atoms with Crippen LogP contribution in [-0.2, 0) is 20.9 Å². The van der Waals surface area contributed by atoms with Gasteiger partial charge in [0.25, 0.3) is 5.91 Å². The quantitative estimate of drug-likeness (QED) is 0.618. The maximum absolute atomic E-state index is 13.0. The van der Waals surface area contributed by atoms with Gasteiger partial charge < -0.3 is 4.74 Å². The van der Waals surface area contributed by atoms with Crippen LogP contribution in [0, 0.1) is 6.92 Å². The minimum absolute atomic E-state index is 0.221. The first-order valence-electron chi connectivity index (χ1n) is 9.97. The SMILES string of the molecule is CC(=O)CN1C(=O)C2C(=Nc3n(CCCN4CCOCC4)c(C)c[n+]32)N(C)C1=O. The average Bonchev–Trinajstić information content (AvgIpc) is 3.20. The van der Waals surface area contributed by atoms with Gasteiger partial charge in [-0.15, -0.1) is 0 Å². The fraction of sp³-hybridized carbons (Fsp3) is 0.632. The summed E-state index contributed by atoms with van der Waals surface area (Å²) in [6.07, 6.45) is 2.86. The largest absolute Gasteiger partial charge is 0.401 e. The smallest absolute Gasteiger partial charge is 0.379 e. The minimum atomic E-state index is -0.703. The Hall–Kier alpha value is -2.59. The Labute approximate surface area is 169 Å². The zero-order valence-corrected chi connectivity index (χ0v) is 17.1. The van der Waals surface area contributed by atoms with Gasteiger partial charge in [0.05, 0.1) is 26.3 Å². The highest BCUT2D eigenvalue weighted by atomic mass is 16.5. The number of hydrogen-bond acceptors (Lipinski definition) is 6. The Morgan fingerprint density at radius 2 is 2.00 bits per heavy atom. The number of aryl methyl sites for hydroxylation is 1. The number of aromatic nitrogens is 2. The van der Waals surface area contributed by atoms with Crippen molar-refractivity contribution >= 4 is 29.5 Å². The molecular formula is C19H27N6O4+. The molecule has 1 unspecified atom stereocenters. The van der Waals surface area contributed by atoms with Crippen molar-refractivity contribution < 1.29 is 23.7 Å². The summed E-state index contributed by atoms with van der Waals surface area (Å²) in [6.45, 7) is 8.36. The Balaban J connectivity index is 1.55. The summed E-state index contributed by atoms with van der Waals surface area (Å²) < 4.78 is 9.30. The lowest BCUT2D eigenvalue weighted by atomic mass is 10.1. The van der Waals surface area contributed by atoms with Crippen LogP contribution in [0.3, 0.4) is 0 Å². The fourth-order valence-electron chi connectivity index (χ4n) is 4.15. The van der Waals surface area contributed by atoms with Crippen LogP contribution in [0.2, 0.25) is 0 Å². The normalized spacial score (nSPS) is 22.0. The van der Waals surface area contributed by atoms with E-state index >= 15 is 0 Å². The van der Waals surface area contributed by atoms with Crippen molar-refractivity contribution in [3.05, 3.63) is 11.9 Å². The number of likely N-dealkylation sites (N-methyl/N-ethyl adjacent to an activating group) is 1. The molecule has 0 saturated carbocycles. The number of ether oxygens (including phenoxy) is 1. The molecule has 0 bridgehead atoms. The first-order valence-corrected chi connectivity index (χ1v) is 9.97. The van der Waals surface area contributed by atoms with Gasteiger partial charge in [0, 0.05) is 26.7 Å². The van der Waals surface area contributed by atoms with Gasteiger partial charge >= 0.3 is 12.0 Å². The fourth-order valence-corrected chi connectivity index (χ4v) is 4.15. The number of hydrogen-bond donors (Lipinski definition) is 0. The number of amidine groups is 1. The van der Waals surface area contributed by atoms with E-state index in [4.69, 9.17) is 4.74 Å². The molecule has 0 aliphatic carbocycles. The number of ketones is 1. The molecule has 1 aromatic rings. The van der Waals surface area contributed by atoms with Crippen molar-refractivity contribution in [2.24, 2.45) is 4.99 Å². The molecule has 2 saturated heterocycles. The van der Waals surface area contributed by atoms with E-state index in [0.29, 0.717) is 11.8 Å². The van der Waals surface area contributed by atoms with E-state index < -0.39 is 18.0 Å². The van der Waals surface area contributed by atoms with Gasteiger partial charge in [-0.25, -0.2) is 13.9 Å². The second-order valence-corrected chi connectivity index (χ2v) is 7.78. The number of amides is 3. The number of carbonyl (C=O) groups excluding carboxylic acids is 3. The summed E-state index contributed by atoms with van der Waals surface area (Å²) in [7, 11) is 1.59. The highest BCUT2D eigenvalue weighted by Gasteiger charge is 2.53. The number of morpholine rings is 1. The third-order valence-electron chi connectivity index (χ3n) is 5.66. The molecule has 1 aromatic heterocycles. The Kier molecular flexibility index (Phi) is 5.22. The van der Waals surface area contributed by atoms with E-state index in [1.807, 2.05) is 17.7 Å². The third-order valence-corrected chi connectivity index (χ3v) is 5.66. The number of Topliss-reactive ketones (excluding diaryl/α,β-unsaturated/α-hetero) is 1. The summed E-state index contributed by atoms with van der Waals surface area (Å²) in [5.41, 5.74) is 1.01. The number of nitrogens with zero attached hydrogens (tertiary/aromatic N) is 6. The molecule has 10 heteroatoms. The second-order valence-electron chi connectivity index (χ2n) is 7.78. The van der Waals surface area contributed by atoms with Crippen LogP contribution in [0.25, 0.3) is 0 Å². The number of urea groups is 1. The number of rotatable bonds is 6. The van der Waals surface area contributed by atoms with E-state index in [9.17, 15) is 14.4 Å². The van der Waals surface area contributed by atoms with Crippen LogP contribution in [0.4, 0.5) is 10.7 Å². The molecule has 4 rings (SSSR count). The molecule has 0 aromatic carbocycles. The molecule has 156 valence electrons. The number of carbonyl (C=O) groups is 3. The van der Waals surface area contributed by atoms with E-state index in [-0.39, 0.29) is 12.3 Å². The predicted molar refractivity (Wildman–Crippen MR) is 103 cm³/mol. The molecule has 0 N–H and O–H groups in total. The molecule has 29 heavy (non-hydrogen) atoms. The molecule has 1 atom stereocenters. The highest BCUT2D eigenvalue weighted by Crippen LogP contribution is 2.29. The van der Waals surface area contributed by atoms with Gasteiger partial charge in [-0.2, -0.15) is 0 Å². The van der Waals surface area contributed by atoms with Crippen molar-refractivity contribution in [2.45, 2.75) is 32.9 Å². The predicted octanol–water partition coefficient (Wildman–Crippen LogP) is -0.126. The number of imidazole rings is 1. The van der Waals surface area contributed by atoms with Crippen molar-refractivity contribution in [3.8, 4) is 0 Å². The van der Waals surface area contributed by atoms with E-state index in [1.54, 1.807) is 7.05 Å². The molecule has 2 fully saturated rings. The molecule has 0 radical (unpaired) electrons. The maximum Gasteiger partial charge on any atom is 0.401 e. The van der Waals surface area contributed by atoms with Gasteiger partial charge in [-0.05, 0) is 20.3 Å². The van der Waals surface area contributed by atoms with Crippen molar-refractivity contribution in [1.29, 1.82) is 0 Å². The molecular weight excluding hydrogens is 376 g/mol. The summed E-state index contributed by atoms with van der Waals surface area (Å²) in [6, 6.07) is -1.22. The van der Waals surface area contributed by atoms with Crippen molar-refractivity contribution in [2.75, 3.05) is 46.4 Å². The summed E-state index contributed by atoms with van der Waals surface area (Å²) in [5, 5.41) is 0. The van der Waals surface area contributed by atoms with Gasteiger partial charge in [0.1, 0.15) is 17.7 Å². The second kappa shape index (κ2) is 7.68. The van der Waals surface area contributed by atoms with Gasteiger partial charge in [0.2, 0.25) is 11.9 Å². The first kappa shape index (κ1) is 19.7. The number of imide groups is 1. The van der Waals surface area contributed by atoms with Crippen molar-refractivity contribution in [3.63, 3.8) is 0 Å². The summed E-state index contributed by atoms with van der Waals surface area (Å²) in [4.78, 5) is 46.5. The van der Waals surface area contributed by atoms with Crippen molar-refractivity contribution in [1.82, 2.24) is 19.3 Å². The monoisotopic (exact) mass is 403 g/mol. The minimum Gasteiger partial charge on any atom is -0.379 e. The van der Waals surface area contributed by atoms with E-state index in [1.165, 1.54) is 11.8 Å². The van der Waals surface area contributed by atoms with Crippen LogP contribution < -0.4 is 4.57 Å². The van der Waals surface area contributed by atoms with E-state index in [2.05, 4.69) is 14.5 Å². The number of fused-ring (bicyclic) bond motifs is 3. The third kappa shape index (κ3) is 3.46. The van der Waals surface area contributed by atoms with Gasteiger partial charge in [0.15, 0.2) is 0 Å². The summed E-state index contributed by atoms with van der Waals surface area (Å²) >= 11 is 0. The van der Waals surface area contributed by atoms with E-state index in [0.717, 1.165) is 56.4 Å². The molecule has 0 spiro atoms. The molecule has 3 aliphatic rings. The van der Waals surface area contributed by atoms with Crippen LogP contribution in [0.1, 0.15) is 25.1 Å². The van der Waals surface area contributed by atoms with Crippen LogP contribution in [0.5, 0.6) is 0 Å². The molecule has 10 nitrogen and oxygen atoms in total. The highest BCUT2D eigenvalue weighted by molar-refractivity contribution is 6.19. The average molecular weight is 403 g/mol. The lowest BCUT2D eigenvalue weighted by Gasteiger charge is -2.32. The lowest BCUT2D eigenvalue weighted by molar-refractivity contribution is -0.677. The Morgan fingerprint density at radius 1 is 1.28 bits per heavy atom. The van der Waals surface area contributed by atoms with Crippen LogP contribution in [0.15, 0.2) is 11.2 Å². The van der Waals surface area contributed by atoms with Crippen LogP contribution >= 0.6 is 0 Å².